The van der Waals surface area contributed by atoms with E-state index in [1.165, 1.54) is 28.4 Å². The zero-order chi connectivity index (χ0) is 26.5. The first-order valence-corrected chi connectivity index (χ1v) is 11.2. The van der Waals surface area contributed by atoms with Crippen LogP contribution in [0.4, 0.5) is 0 Å². The molecule has 4 rings (SSSR count). The second-order valence-corrected chi connectivity index (χ2v) is 7.95. The highest BCUT2D eigenvalue weighted by Crippen LogP contribution is 2.42. The van der Waals surface area contributed by atoms with Crippen molar-refractivity contribution in [2.45, 2.75) is 6.42 Å². The van der Waals surface area contributed by atoms with Crippen LogP contribution in [0.3, 0.4) is 0 Å². The number of rotatable bonds is 10. The summed E-state index contributed by atoms with van der Waals surface area (Å²) in [5.41, 5.74) is 1.01. The Balaban J connectivity index is 1.92. The monoisotopic (exact) mass is 506 g/mol. The number of hydrogen-bond acceptors (Lipinski definition) is 8. The van der Waals surface area contributed by atoms with Crippen LogP contribution < -0.4 is 28.4 Å². The molecule has 0 radical (unpaired) electrons. The Labute approximate surface area is 213 Å². The molecular formula is C28H26O9. The number of allylic oxidation sites excluding steroid dienone is 1. The van der Waals surface area contributed by atoms with Gasteiger partial charge in [-0.25, -0.2) is 4.79 Å². The van der Waals surface area contributed by atoms with Crippen molar-refractivity contribution in [1.29, 1.82) is 0 Å². The first-order chi connectivity index (χ1) is 17.9. The maximum Gasteiger partial charge on any atom is 0.336 e. The SMILES string of the molecule is COc1ccc(C(=O)/C(Cc2ccc(OC)c(OC)c2OC)=C(\C(=O)O)c2ccc3c(c2)OCO3)cc1. The van der Waals surface area contributed by atoms with Gasteiger partial charge in [-0.15, -0.1) is 0 Å². The lowest BCUT2D eigenvalue weighted by Gasteiger charge is -2.18. The molecule has 192 valence electrons. The number of ketones is 1. The first kappa shape index (κ1) is 25.4. The second kappa shape index (κ2) is 10.9. The molecule has 0 spiro atoms. The van der Waals surface area contributed by atoms with Crippen LogP contribution in [0.1, 0.15) is 21.5 Å². The van der Waals surface area contributed by atoms with Crippen LogP contribution in [-0.2, 0) is 11.2 Å². The van der Waals surface area contributed by atoms with Crippen LogP contribution in [0.15, 0.2) is 60.2 Å². The minimum atomic E-state index is -1.27. The summed E-state index contributed by atoms with van der Waals surface area (Å²) in [6, 6.07) is 14.6. The maximum absolute atomic E-state index is 13.9. The van der Waals surface area contributed by atoms with E-state index in [9.17, 15) is 14.7 Å². The van der Waals surface area contributed by atoms with E-state index in [0.29, 0.717) is 51.2 Å². The summed E-state index contributed by atoms with van der Waals surface area (Å²) in [6.45, 7) is 0.0331. The Morgan fingerprint density at radius 1 is 0.784 bits per heavy atom. The summed E-state index contributed by atoms with van der Waals surface area (Å²) in [5, 5.41) is 10.3. The van der Waals surface area contributed by atoms with E-state index < -0.39 is 11.8 Å². The third-order valence-electron chi connectivity index (χ3n) is 5.96. The van der Waals surface area contributed by atoms with Crippen molar-refractivity contribution in [2.24, 2.45) is 0 Å². The molecule has 0 atom stereocenters. The molecule has 0 unspecified atom stereocenters. The number of carbonyl (C=O) groups is 2. The average molecular weight is 507 g/mol. The van der Waals surface area contributed by atoms with E-state index in [0.717, 1.165) is 0 Å². The normalized spacial score (nSPS) is 12.4. The summed E-state index contributed by atoms with van der Waals surface area (Å²) in [4.78, 5) is 26.5. The first-order valence-electron chi connectivity index (χ1n) is 11.2. The molecule has 9 heteroatoms. The number of aliphatic carboxylic acids is 1. The van der Waals surface area contributed by atoms with Gasteiger partial charge in [0.25, 0.3) is 0 Å². The highest BCUT2D eigenvalue weighted by atomic mass is 16.7. The maximum atomic E-state index is 13.9. The van der Waals surface area contributed by atoms with Crippen LogP contribution in [0.25, 0.3) is 5.57 Å². The predicted molar refractivity (Wildman–Crippen MR) is 134 cm³/mol. The Kier molecular flexibility index (Phi) is 7.52. The van der Waals surface area contributed by atoms with E-state index in [-0.39, 0.29) is 24.4 Å². The summed E-state index contributed by atoms with van der Waals surface area (Å²) in [7, 11) is 5.95. The van der Waals surface area contributed by atoms with Crippen LogP contribution in [0, 0.1) is 0 Å². The van der Waals surface area contributed by atoms with Crippen molar-refractivity contribution in [2.75, 3.05) is 35.2 Å². The van der Waals surface area contributed by atoms with Crippen molar-refractivity contribution in [3.05, 3.63) is 76.9 Å². The van der Waals surface area contributed by atoms with E-state index in [4.69, 9.17) is 28.4 Å². The van der Waals surface area contributed by atoms with Crippen molar-refractivity contribution in [3.8, 4) is 34.5 Å². The molecule has 0 saturated carbocycles. The number of methoxy groups -OCH3 is 4. The van der Waals surface area contributed by atoms with Crippen molar-refractivity contribution < 1.29 is 43.1 Å². The minimum absolute atomic E-state index is 0.0331. The molecule has 37 heavy (non-hydrogen) atoms. The van der Waals surface area contributed by atoms with Crippen molar-refractivity contribution in [1.82, 2.24) is 0 Å². The molecule has 0 aliphatic carbocycles. The lowest BCUT2D eigenvalue weighted by Crippen LogP contribution is -2.14. The van der Waals surface area contributed by atoms with Gasteiger partial charge in [-0.1, -0.05) is 12.1 Å². The molecule has 0 saturated heterocycles. The summed E-state index contributed by atoms with van der Waals surface area (Å²) >= 11 is 0. The van der Waals surface area contributed by atoms with E-state index in [1.54, 1.807) is 54.6 Å². The van der Waals surface area contributed by atoms with Gasteiger partial charge in [0.15, 0.2) is 28.8 Å². The number of hydrogen-bond donors (Lipinski definition) is 1. The van der Waals surface area contributed by atoms with Crippen molar-refractivity contribution in [3.63, 3.8) is 0 Å². The molecular weight excluding hydrogens is 480 g/mol. The van der Waals surface area contributed by atoms with Gasteiger partial charge >= 0.3 is 5.97 Å². The Hall–Kier alpha value is -4.66. The van der Waals surface area contributed by atoms with Gasteiger partial charge in [0.05, 0.1) is 34.0 Å². The number of fused-ring (bicyclic) bond motifs is 1. The number of benzene rings is 3. The fraction of sp³-hybridized carbons (Fsp3) is 0.214. The number of carboxylic acids is 1. The van der Waals surface area contributed by atoms with Gasteiger partial charge in [-0.2, -0.15) is 0 Å². The van der Waals surface area contributed by atoms with Gasteiger partial charge in [-0.3, -0.25) is 4.79 Å². The Morgan fingerprint density at radius 2 is 1.46 bits per heavy atom. The summed E-state index contributed by atoms with van der Waals surface area (Å²) in [6.07, 6.45) is -0.0650. The standard InChI is InChI=1S/C28H26O9/c1-32-19-9-5-16(6-10-19)25(29)20(13-18-8-12-22(33-2)27(35-4)26(18)34-3)24(28(30)31)17-7-11-21-23(14-17)37-15-36-21/h5-12,14H,13,15H2,1-4H3,(H,30,31)/b24-20-. The zero-order valence-electron chi connectivity index (χ0n) is 20.8. The third-order valence-corrected chi connectivity index (χ3v) is 5.96. The predicted octanol–water partition coefficient (Wildman–Crippen LogP) is 4.41. The number of carboxylic acid groups (broad SMARTS) is 1. The summed E-state index contributed by atoms with van der Waals surface area (Å²) in [5.74, 6) is 0.831. The average Bonchev–Trinajstić information content (AvgIpc) is 3.39. The molecule has 0 fully saturated rings. The highest BCUT2D eigenvalue weighted by molar-refractivity contribution is 6.26. The van der Waals surface area contributed by atoms with Gasteiger partial charge in [0, 0.05) is 23.1 Å². The molecule has 1 N–H and O–H groups in total. The molecule has 0 aromatic heterocycles. The van der Waals surface area contributed by atoms with Gasteiger partial charge < -0.3 is 33.5 Å². The fourth-order valence-electron chi connectivity index (χ4n) is 4.17. The zero-order valence-corrected chi connectivity index (χ0v) is 20.8. The van der Waals surface area contributed by atoms with Crippen LogP contribution >= 0.6 is 0 Å². The lowest BCUT2D eigenvalue weighted by atomic mass is 9.89. The van der Waals surface area contributed by atoms with E-state index in [1.807, 2.05) is 0 Å². The van der Waals surface area contributed by atoms with Crippen LogP contribution in [0.2, 0.25) is 0 Å². The van der Waals surface area contributed by atoms with Crippen LogP contribution in [-0.4, -0.2) is 52.1 Å². The van der Waals surface area contributed by atoms with Gasteiger partial charge in [0.1, 0.15) is 5.75 Å². The second-order valence-electron chi connectivity index (χ2n) is 7.95. The number of Topliss-reactive ketones (excluding diaryl/α,β-unsaturated/α-hetero) is 1. The fourth-order valence-corrected chi connectivity index (χ4v) is 4.17. The highest BCUT2D eigenvalue weighted by Gasteiger charge is 2.27. The molecule has 1 heterocycles. The smallest absolute Gasteiger partial charge is 0.336 e. The molecule has 3 aromatic rings. The van der Waals surface area contributed by atoms with Gasteiger partial charge in [0.2, 0.25) is 12.5 Å². The molecule has 1 aliphatic rings. The minimum Gasteiger partial charge on any atom is -0.497 e. The third kappa shape index (κ3) is 5.02. The van der Waals surface area contributed by atoms with Crippen molar-refractivity contribution >= 4 is 17.3 Å². The topological polar surface area (TPSA) is 110 Å². The van der Waals surface area contributed by atoms with Crippen LogP contribution in [0.5, 0.6) is 34.5 Å². The Morgan fingerprint density at radius 3 is 2.08 bits per heavy atom. The van der Waals surface area contributed by atoms with E-state index in [2.05, 4.69) is 0 Å². The molecule has 0 amide bonds. The van der Waals surface area contributed by atoms with E-state index >= 15 is 0 Å². The Bertz CT molecular complexity index is 1360. The molecule has 1 aliphatic heterocycles. The number of carbonyl (C=O) groups excluding carboxylic acids is 1. The quantitative estimate of drug-likeness (QED) is 0.316. The number of ether oxygens (including phenoxy) is 6. The lowest BCUT2D eigenvalue weighted by molar-refractivity contribution is -0.130. The molecule has 0 bridgehead atoms. The summed E-state index contributed by atoms with van der Waals surface area (Å²) < 4.78 is 32.4. The molecule has 9 nitrogen and oxygen atoms in total. The largest absolute Gasteiger partial charge is 0.497 e. The van der Waals surface area contributed by atoms with Gasteiger partial charge in [-0.05, 0) is 48.0 Å². The molecule has 3 aromatic carbocycles.